The predicted octanol–water partition coefficient (Wildman–Crippen LogP) is 3.92. The highest BCUT2D eigenvalue weighted by molar-refractivity contribution is 6.01. The highest BCUT2D eigenvalue weighted by Crippen LogP contribution is 2.29. The number of likely N-dealkylation sites (N-methyl/N-ethyl adjacent to an activating group) is 1. The Kier molecular flexibility index (Phi) is 5.66. The van der Waals surface area contributed by atoms with Gasteiger partial charge in [0.1, 0.15) is 0 Å². The molecule has 2 N–H and O–H groups in total. The predicted molar refractivity (Wildman–Crippen MR) is 102 cm³/mol. The van der Waals surface area contributed by atoms with Crippen molar-refractivity contribution in [1.82, 2.24) is 15.2 Å². The van der Waals surface area contributed by atoms with Gasteiger partial charge in [-0.05, 0) is 43.9 Å². The molecular formula is C21H21F2N3O. The van der Waals surface area contributed by atoms with E-state index in [1.807, 2.05) is 49.3 Å². The third-order valence-electron chi connectivity index (χ3n) is 4.20. The average Bonchev–Trinajstić information content (AvgIpc) is 3.10. The summed E-state index contributed by atoms with van der Waals surface area (Å²) in [6, 6.07) is 14.7. The van der Waals surface area contributed by atoms with E-state index in [1.54, 1.807) is 6.07 Å². The molecule has 0 atom stereocenters. The topological polar surface area (TPSA) is 48.1 Å². The Morgan fingerprint density at radius 1 is 1.00 bits per heavy atom. The summed E-state index contributed by atoms with van der Waals surface area (Å²) in [6.45, 7) is 1.22. The molecule has 0 saturated heterocycles. The maximum Gasteiger partial charge on any atom is 0.253 e. The molecule has 0 aliphatic carbocycles. The number of nitrogens with zero attached hydrogens (tertiary/aromatic N) is 1. The van der Waals surface area contributed by atoms with Crippen LogP contribution in [0.5, 0.6) is 0 Å². The van der Waals surface area contributed by atoms with E-state index in [-0.39, 0.29) is 5.91 Å². The minimum Gasteiger partial charge on any atom is -0.354 e. The monoisotopic (exact) mass is 369 g/mol. The summed E-state index contributed by atoms with van der Waals surface area (Å²) in [5.74, 6) is -2.06. The molecule has 0 fully saturated rings. The molecule has 1 aromatic heterocycles. The summed E-state index contributed by atoms with van der Waals surface area (Å²) in [7, 11) is 3.86. The van der Waals surface area contributed by atoms with Crippen LogP contribution in [0.1, 0.15) is 10.4 Å². The van der Waals surface area contributed by atoms with Crippen LogP contribution in [0.2, 0.25) is 0 Å². The summed E-state index contributed by atoms with van der Waals surface area (Å²) < 4.78 is 26.9. The standard InChI is InChI=1S/C21H21F2N3O/c1-26(2)11-10-24-21(27)16-13-19(15-8-9-17(22)18(23)12-15)25-20(16)14-6-4-3-5-7-14/h3-9,12-13,25H,10-11H2,1-2H3,(H,24,27). The first-order valence-corrected chi connectivity index (χ1v) is 8.62. The fraction of sp³-hybridized carbons (Fsp3) is 0.190. The van der Waals surface area contributed by atoms with Crippen molar-refractivity contribution in [3.05, 3.63) is 71.8 Å². The number of aromatic amines is 1. The van der Waals surface area contributed by atoms with Gasteiger partial charge in [0.15, 0.2) is 11.6 Å². The van der Waals surface area contributed by atoms with E-state index in [9.17, 15) is 13.6 Å². The van der Waals surface area contributed by atoms with Crippen molar-refractivity contribution in [2.75, 3.05) is 27.2 Å². The number of hydrogen-bond acceptors (Lipinski definition) is 2. The summed E-state index contributed by atoms with van der Waals surface area (Å²) >= 11 is 0. The first-order chi connectivity index (χ1) is 13.0. The highest BCUT2D eigenvalue weighted by atomic mass is 19.2. The average molecular weight is 369 g/mol. The van der Waals surface area contributed by atoms with Gasteiger partial charge in [0, 0.05) is 24.3 Å². The Balaban J connectivity index is 1.98. The number of nitrogens with one attached hydrogen (secondary N) is 2. The van der Waals surface area contributed by atoms with E-state index in [0.29, 0.717) is 35.6 Å². The number of aromatic nitrogens is 1. The molecule has 6 heteroatoms. The minimum absolute atomic E-state index is 0.221. The van der Waals surface area contributed by atoms with Crippen molar-refractivity contribution in [3.63, 3.8) is 0 Å². The molecule has 3 aromatic rings. The Bertz CT molecular complexity index is 936. The third kappa shape index (κ3) is 4.41. The Hall–Kier alpha value is -2.99. The molecule has 0 aliphatic rings. The van der Waals surface area contributed by atoms with Gasteiger partial charge in [0.25, 0.3) is 5.91 Å². The fourth-order valence-corrected chi connectivity index (χ4v) is 2.77. The van der Waals surface area contributed by atoms with E-state index in [0.717, 1.165) is 17.7 Å². The van der Waals surface area contributed by atoms with E-state index in [2.05, 4.69) is 10.3 Å². The lowest BCUT2D eigenvalue weighted by Gasteiger charge is -2.10. The number of amides is 1. The number of carbonyl (C=O) groups is 1. The van der Waals surface area contributed by atoms with Gasteiger partial charge in [-0.15, -0.1) is 0 Å². The fourth-order valence-electron chi connectivity index (χ4n) is 2.77. The van der Waals surface area contributed by atoms with Crippen LogP contribution in [0.25, 0.3) is 22.5 Å². The zero-order chi connectivity index (χ0) is 19.4. The molecule has 140 valence electrons. The third-order valence-corrected chi connectivity index (χ3v) is 4.20. The second kappa shape index (κ2) is 8.14. The van der Waals surface area contributed by atoms with E-state index in [1.165, 1.54) is 6.07 Å². The van der Waals surface area contributed by atoms with Crippen molar-refractivity contribution in [3.8, 4) is 22.5 Å². The number of H-pyrrole nitrogens is 1. The number of benzene rings is 2. The van der Waals surface area contributed by atoms with Gasteiger partial charge in [-0.1, -0.05) is 30.3 Å². The summed E-state index contributed by atoms with van der Waals surface area (Å²) in [4.78, 5) is 17.9. The molecule has 0 bridgehead atoms. The summed E-state index contributed by atoms with van der Waals surface area (Å²) in [6.07, 6.45) is 0. The van der Waals surface area contributed by atoms with Gasteiger partial charge >= 0.3 is 0 Å². The maximum absolute atomic E-state index is 13.6. The van der Waals surface area contributed by atoms with E-state index in [4.69, 9.17) is 0 Å². The minimum atomic E-state index is -0.930. The van der Waals surface area contributed by atoms with Gasteiger partial charge in [0.05, 0.1) is 11.3 Å². The van der Waals surface area contributed by atoms with Gasteiger partial charge in [-0.3, -0.25) is 4.79 Å². The number of carbonyl (C=O) groups excluding carboxylic acids is 1. The number of halogens is 2. The highest BCUT2D eigenvalue weighted by Gasteiger charge is 2.18. The SMILES string of the molecule is CN(C)CCNC(=O)c1cc(-c2ccc(F)c(F)c2)[nH]c1-c1ccccc1. The number of rotatable bonds is 6. The largest absolute Gasteiger partial charge is 0.354 e. The second-order valence-electron chi connectivity index (χ2n) is 6.53. The smallest absolute Gasteiger partial charge is 0.253 e. The van der Waals surface area contributed by atoms with E-state index < -0.39 is 11.6 Å². The maximum atomic E-state index is 13.6. The van der Waals surface area contributed by atoms with Gasteiger partial charge < -0.3 is 15.2 Å². The quantitative estimate of drug-likeness (QED) is 0.692. The number of hydrogen-bond donors (Lipinski definition) is 2. The van der Waals surface area contributed by atoms with Crippen molar-refractivity contribution in [2.45, 2.75) is 0 Å². The Morgan fingerprint density at radius 3 is 2.41 bits per heavy atom. The van der Waals surface area contributed by atoms with Gasteiger partial charge in [-0.25, -0.2) is 8.78 Å². The molecule has 1 amide bonds. The van der Waals surface area contributed by atoms with Gasteiger partial charge in [0.2, 0.25) is 0 Å². The zero-order valence-corrected chi connectivity index (χ0v) is 15.2. The summed E-state index contributed by atoms with van der Waals surface area (Å²) in [5.41, 5.74) is 2.95. The van der Waals surface area contributed by atoms with Crippen LogP contribution in [-0.4, -0.2) is 43.0 Å². The molecule has 1 heterocycles. The Labute approximate surface area is 156 Å². The van der Waals surface area contributed by atoms with Crippen LogP contribution in [0.4, 0.5) is 8.78 Å². The molecule has 0 saturated carbocycles. The van der Waals surface area contributed by atoms with Crippen molar-refractivity contribution in [1.29, 1.82) is 0 Å². The first-order valence-electron chi connectivity index (χ1n) is 8.62. The molecule has 2 aromatic carbocycles. The van der Waals surface area contributed by atoms with Gasteiger partial charge in [-0.2, -0.15) is 0 Å². The molecule has 0 aliphatic heterocycles. The van der Waals surface area contributed by atoms with Crippen LogP contribution >= 0.6 is 0 Å². The van der Waals surface area contributed by atoms with E-state index >= 15 is 0 Å². The molecule has 27 heavy (non-hydrogen) atoms. The molecule has 0 spiro atoms. The van der Waals surface area contributed by atoms with Crippen LogP contribution in [0, 0.1) is 11.6 Å². The Morgan fingerprint density at radius 2 is 1.74 bits per heavy atom. The molecule has 4 nitrogen and oxygen atoms in total. The molecular weight excluding hydrogens is 348 g/mol. The van der Waals surface area contributed by atoms with Crippen LogP contribution in [0.3, 0.4) is 0 Å². The molecule has 3 rings (SSSR count). The summed E-state index contributed by atoms with van der Waals surface area (Å²) in [5, 5.41) is 2.89. The molecule has 0 radical (unpaired) electrons. The lowest BCUT2D eigenvalue weighted by molar-refractivity contribution is 0.0952. The normalized spacial score (nSPS) is 11.0. The lowest BCUT2D eigenvalue weighted by atomic mass is 10.1. The molecule has 0 unspecified atom stereocenters. The zero-order valence-electron chi connectivity index (χ0n) is 15.2. The van der Waals surface area contributed by atoms with Crippen LogP contribution < -0.4 is 5.32 Å². The van der Waals surface area contributed by atoms with Crippen molar-refractivity contribution in [2.24, 2.45) is 0 Å². The van der Waals surface area contributed by atoms with Crippen molar-refractivity contribution < 1.29 is 13.6 Å². The second-order valence-corrected chi connectivity index (χ2v) is 6.53. The van der Waals surface area contributed by atoms with Crippen LogP contribution in [-0.2, 0) is 0 Å². The van der Waals surface area contributed by atoms with Crippen LogP contribution in [0.15, 0.2) is 54.6 Å². The first kappa shape index (κ1) is 18.8. The van der Waals surface area contributed by atoms with Crippen molar-refractivity contribution >= 4 is 5.91 Å². The lowest BCUT2D eigenvalue weighted by Crippen LogP contribution is -2.31.